The minimum absolute atomic E-state index is 0.691. The van der Waals surface area contributed by atoms with E-state index in [-0.39, 0.29) is 0 Å². The van der Waals surface area contributed by atoms with Crippen LogP contribution in [0.2, 0.25) is 0 Å². The Hall–Kier alpha value is -0.0400. The van der Waals surface area contributed by atoms with Crippen LogP contribution in [0, 0.1) is 0 Å². The van der Waals surface area contributed by atoms with Gasteiger partial charge in [0, 0.05) is 11.1 Å². The molecule has 1 nitrogen and oxygen atoms in total. The lowest BCUT2D eigenvalue weighted by Crippen LogP contribution is -2.68. The molecule has 1 aliphatic heterocycles. The lowest BCUT2D eigenvalue weighted by atomic mass is 9.65. The van der Waals surface area contributed by atoms with Crippen molar-refractivity contribution in [3.63, 3.8) is 0 Å². The van der Waals surface area contributed by atoms with Crippen LogP contribution in [0.4, 0.5) is 0 Å². The van der Waals surface area contributed by atoms with E-state index < -0.39 is 0 Å². The van der Waals surface area contributed by atoms with E-state index in [1.165, 1.54) is 38.5 Å². The normalized spacial score (nSPS) is 40.0. The first-order chi connectivity index (χ1) is 4.33. The van der Waals surface area contributed by atoms with Crippen molar-refractivity contribution >= 4 is 0 Å². The Labute approximate surface area is 55.8 Å². The first-order valence-electron chi connectivity index (χ1n) is 4.12. The molecule has 0 amide bonds. The molecule has 3 aliphatic rings. The van der Waals surface area contributed by atoms with Gasteiger partial charge in [0.15, 0.2) is 0 Å². The molecule has 0 radical (unpaired) electrons. The van der Waals surface area contributed by atoms with Gasteiger partial charge in [-0.1, -0.05) is 0 Å². The Morgan fingerprint density at radius 2 is 1.44 bits per heavy atom. The van der Waals surface area contributed by atoms with Crippen molar-refractivity contribution in [1.82, 2.24) is 5.32 Å². The third-order valence-electron chi connectivity index (χ3n) is 3.37. The largest absolute Gasteiger partial charge is 0.306 e. The smallest absolute Gasteiger partial charge is 0.0205 e. The number of hydrogen-bond acceptors (Lipinski definition) is 1. The van der Waals surface area contributed by atoms with E-state index >= 15 is 0 Å². The molecule has 2 saturated carbocycles. The maximum atomic E-state index is 3.74. The number of rotatable bonds is 0. The fraction of sp³-hybridized carbons (Fsp3) is 1.00. The molecule has 1 saturated heterocycles. The second kappa shape index (κ2) is 1.07. The molecule has 0 aromatic rings. The van der Waals surface area contributed by atoms with Crippen molar-refractivity contribution in [2.24, 2.45) is 0 Å². The Morgan fingerprint density at radius 1 is 0.889 bits per heavy atom. The second-order valence-corrected chi connectivity index (χ2v) is 4.22. The molecule has 0 bridgehead atoms. The first kappa shape index (κ1) is 4.73. The van der Waals surface area contributed by atoms with Gasteiger partial charge in [-0.2, -0.15) is 0 Å². The summed E-state index contributed by atoms with van der Waals surface area (Å²) in [6, 6.07) is 0. The van der Waals surface area contributed by atoms with E-state index in [0.717, 1.165) is 0 Å². The summed E-state index contributed by atoms with van der Waals surface area (Å²) >= 11 is 0. The van der Waals surface area contributed by atoms with E-state index in [1.54, 1.807) is 0 Å². The Bertz CT molecular complexity index is 144. The van der Waals surface area contributed by atoms with Crippen LogP contribution in [0.1, 0.15) is 38.5 Å². The maximum absolute atomic E-state index is 3.74. The summed E-state index contributed by atoms with van der Waals surface area (Å²) in [6.07, 6.45) is 8.86. The molecule has 2 spiro atoms. The minimum Gasteiger partial charge on any atom is -0.306 e. The molecule has 1 N–H and O–H groups in total. The molecule has 2 aliphatic carbocycles. The zero-order valence-electron chi connectivity index (χ0n) is 5.74. The van der Waals surface area contributed by atoms with Crippen LogP contribution in [-0.4, -0.2) is 11.1 Å². The lowest BCUT2D eigenvalue weighted by molar-refractivity contribution is 0.0382. The highest BCUT2D eigenvalue weighted by molar-refractivity contribution is 5.22. The van der Waals surface area contributed by atoms with Gasteiger partial charge < -0.3 is 5.32 Å². The van der Waals surface area contributed by atoms with Gasteiger partial charge in [-0.25, -0.2) is 0 Å². The van der Waals surface area contributed by atoms with Crippen LogP contribution < -0.4 is 5.32 Å². The highest BCUT2D eigenvalue weighted by Crippen LogP contribution is 2.57. The fourth-order valence-corrected chi connectivity index (χ4v) is 2.55. The molecule has 0 atom stereocenters. The average Bonchev–Trinajstić information content (AvgIpc) is 2.32. The molecular formula is C8H13N. The van der Waals surface area contributed by atoms with Crippen LogP contribution in [0.25, 0.3) is 0 Å². The van der Waals surface area contributed by atoms with E-state index in [9.17, 15) is 0 Å². The Balaban J connectivity index is 1.75. The second-order valence-electron chi connectivity index (χ2n) is 4.22. The molecule has 0 aromatic heterocycles. The molecule has 0 aromatic carbocycles. The quantitative estimate of drug-likeness (QED) is 0.514. The van der Waals surface area contributed by atoms with Crippen molar-refractivity contribution in [3.05, 3.63) is 0 Å². The summed E-state index contributed by atoms with van der Waals surface area (Å²) in [5.74, 6) is 0. The van der Waals surface area contributed by atoms with Gasteiger partial charge in [-0.15, -0.1) is 0 Å². The Kier molecular flexibility index (Phi) is 0.563. The molecule has 0 unspecified atom stereocenters. The van der Waals surface area contributed by atoms with Gasteiger partial charge >= 0.3 is 0 Å². The zero-order valence-corrected chi connectivity index (χ0v) is 5.74. The van der Waals surface area contributed by atoms with Gasteiger partial charge in [0.1, 0.15) is 0 Å². The number of nitrogens with one attached hydrogen (secondary N) is 1. The summed E-state index contributed by atoms with van der Waals surface area (Å²) in [7, 11) is 0. The van der Waals surface area contributed by atoms with Gasteiger partial charge in [0.05, 0.1) is 0 Å². The van der Waals surface area contributed by atoms with Crippen molar-refractivity contribution in [2.45, 2.75) is 49.6 Å². The van der Waals surface area contributed by atoms with Crippen molar-refractivity contribution in [2.75, 3.05) is 0 Å². The van der Waals surface area contributed by atoms with Gasteiger partial charge in [-0.05, 0) is 38.5 Å². The van der Waals surface area contributed by atoms with Crippen molar-refractivity contribution in [1.29, 1.82) is 0 Å². The molecular weight excluding hydrogens is 110 g/mol. The predicted molar refractivity (Wildman–Crippen MR) is 36.3 cm³/mol. The van der Waals surface area contributed by atoms with Crippen LogP contribution in [0.5, 0.6) is 0 Å². The summed E-state index contributed by atoms with van der Waals surface area (Å²) in [6.45, 7) is 0. The first-order valence-corrected chi connectivity index (χ1v) is 4.12. The topological polar surface area (TPSA) is 12.0 Å². The van der Waals surface area contributed by atoms with Crippen molar-refractivity contribution < 1.29 is 0 Å². The summed E-state index contributed by atoms with van der Waals surface area (Å²) in [5, 5.41) is 3.74. The molecule has 9 heavy (non-hydrogen) atoms. The third kappa shape index (κ3) is 0.454. The van der Waals surface area contributed by atoms with Crippen molar-refractivity contribution in [3.8, 4) is 0 Å². The van der Waals surface area contributed by atoms with Gasteiger partial charge in [0.2, 0.25) is 0 Å². The van der Waals surface area contributed by atoms with Gasteiger partial charge in [0.25, 0.3) is 0 Å². The van der Waals surface area contributed by atoms with E-state index in [0.29, 0.717) is 11.1 Å². The predicted octanol–water partition coefficient (Wildman–Crippen LogP) is 1.43. The summed E-state index contributed by atoms with van der Waals surface area (Å²) in [4.78, 5) is 0. The van der Waals surface area contributed by atoms with E-state index in [1.807, 2.05) is 0 Å². The SMILES string of the molecule is C1CC2(C1)CC1(CC1)N2. The van der Waals surface area contributed by atoms with E-state index in [2.05, 4.69) is 5.32 Å². The molecule has 3 fully saturated rings. The fourth-order valence-electron chi connectivity index (χ4n) is 2.55. The maximum Gasteiger partial charge on any atom is 0.0205 e. The van der Waals surface area contributed by atoms with Crippen LogP contribution in [0.15, 0.2) is 0 Å². The number of hydrogen-bond donors (Lipinski definition) is 1. The minimum atomic E-state index is 0.691. The van der Waals surface area contributed by atoms with E-state index in [4.69, 9.17) is 0 Å². The Morgan fingerprint density at radius 3 is 1.78 bits per heavy atom. The molecule has 1 heteroatoms. The average molecular weight is 123 g/mol. The summed E-state index contributed by atoms with van der Waals surface area (Å²) < 4.78 is 0. The third-order valence-corrected chi connectivity index (χ3v) is 3.37. The molecule has 3 rings (SSSR count). The monoisotopic (exact) mass is 123 g/mol. The lowest BCUT2D eigenvalue weighted by Gasteiger charge is -2.56. The highest BCUT2D eigenvalue weighted by atomic mass is 15.2. The van der Waals surface area contributed by atoms with Crippen LogP contribution in [-0.2, 0) is 0 Å². The molecule has 50 valence electrons. The standard InChI is InChI=1S/C8H13N/c1-2-7(3-1)6-8(9-7)4-5-8/h9H,1-6H2. The van der Waals surface area contributed by atoms with Crippen LogP contribution >= 0.6 is 0 Å². The van der Waals surface area contributed by atoms with Crippen LogP contribution in [0.3, 0.4) is 0 Å². The van der Waals surface area contributed by atoms with Gasteiger partial charge in [-0.3, -0.25) is 0 Å². The highest BCUT2D eigenvalue weighted by Gasteiger charge is 2.61. The molecule has 1 heterocycles. The zero-order chi connectivity index (χ0) is 5.95. The summed E-state index contributed by atoms with van der Waals surface area (Å²) in [5.41, 5.74) is 1.40.